The summed E-state index contributed by atoms with van der Waals surface area (Å²) in [6, 6.07) is -0.722. The fourth-order valence-electron chi connectivity index (χ4n) is 2.64. The van der Waals surface area contributed by atoms with Crippen molar-refractivity contribution in [2.75, 3.05) is 18.1 Å². The second kappa shape index (κ2) is 4.47. The minimum atomic E-state index is -3.24. The van der Waals surface area contributed by atoms with E-state index in [4.69, 9.17) is 5.11 Å². The molecule has 0 spiro atoms. The summed E-state index contributed by atoms with van der Waals surface area (Å²) in [5.41, 5.74) is -0.0405. The molecular formula is C12H19NO5S. The lowest BCUT2D eigenvalue weighted by Crippen LogP contribution is -2.52. The van der Waals surface area contributed by atoms with Crippen LogP contribution >= 0.6 is 0 Å². The molecule has 0 radical (unpaired) electrons. The van der Waals surface area contributed by atoms with E-state index in [0.717, 1.165) is 6.42 Å². The van der Waals surface area contributed by atoms with Crippen molar-refractivity contribution in [3.8, 4) is 0 Å². The van der Waals surface area contributed by atoms with Gasteiger partial charge in [0.2, 0.25) is 5.91 Å². The zero-order chi connectivity index (χ0) is 14.4. The largest absolute Gasteiger partial charge is 0.481 e. The number of hydrogen-bond donors (Lipinski definition) is 1. The van der Waals surface area contributed by atoms with Gasteiger partial charge >= 0.3 is 5.97 Å². The van der Waals surface area contributed by atoms with Crippen LogP contribution in [0.5, 0.6) is 0 Å². The van der Waals surface area contributed by atoms with E-state index in [2.05, 4.69) is 0 Å². The predicted octanol–water partition coefficient (Wildman–Crippen LogP) is 0.133. The highest BCUT2D eigenvalue weighted by molar-refractivity contribution is 7.91. The van der Waals surface area contributed by atoms with Crippen LogP contribution < -0.4 is 0 Å². The normalized spacial score (nSPS) is 31.8. The van der Waals surface area contributed by atoms with Crippen LogP contribution in [0.15, 0.2) is 0 Å². The average Bonchev–Trinajstić information content (AvgIpc) is 2.85. The Morgan fingerprint density at radius 3 is 2.42 bits per heavy atom. The topological polar surface area (TPSA) is 91.8 Å². The van der Waals surface area contributed by atoms with E-state index in [1.807, 2.05) is 13.8 Å². The molecule has 1 saturated carbocycles. The van der Waals surface area contributed by atoms with E-state index < -0.39 is 21.8 Å². The third kappa shape index (κ3) is 3.08. The van der Waals surface area contributed by atoms with E-state index in [1.54, 1.807) is 0 Å². The van der Waals surface area contributed by atoms with Crippen LogP contribution in [-0.2, 0) is 19.4 Å². The van der Waals surface area contributed by atoms with Crippen LogP contribution in [0.3, 0.4) is 0 Å². The minimum Gasteiger partial charge on any atom is -0.481 e. The van der Waals surface area contributed by atoms with Gasteiger partial charge in [-0.3, -0.25) is 9.59 Å². The summed E-state index contributed by atoms with van der Waals surface area (Å²) >= 11 is 0. The molecule has 1 aliphatic carbocycles. The van der Waals surface area contributed by atoms with Gasteiger partial charge in [0, 0.05) is 12.5 Å². The molecule has 0 bridgehead atoms. The molecule has 19 heavy (non-hydrogen) atoms. The molecule has 0 aromatic carbocycles. The van der Waals surface area contributed by atoms with Crippen LogP contribution in [0.4, 0.5) is 0 Å². The number of carboxylic acids is 1. The third-order valence-electron chi connectivity index (χ3n) is 4.04. The van der Waals surface area contributed by atoms with Crippen LogP contribution in [-0.4, -0.2) is 54.4 Å². The molecule has 2 rings (SSSR count). The molecule has 1 N–H and O–H groups in total. The fourth-order valence-corrected chi connectivity index (χ4v) is 4.16. The first kappa shape index (κ1) is 14.3. The summed E-state index contributed by atoms with van der Waals surface area (Å²) < 4.78 is 23.2. The van der Waals surface area contributed by atoms with E-state index in [-0.39, 0.29) is 41.7 Å². The third-order valence-corrected chi connectivity index (χ3v) is 5.73. The van der Waals surface area contributed by atoms with Crippen molar-refractivity contribution in [2.45, 2.75) is 32.7 Å². The number of nitrogens with zero attached hydrogens (tertiary/aromatic N) is 1. The molecule has 2 aliphatic rings. The molecule has 2 atom stereocenters. The monoisotopic (exact) mass is 289 g/mol. The maximum Gasteiger partial charge on any atom is 0.305 e. The predicted molar refractivity (Wildman–Crippen MR) is 68.3 cm³/mol. The summed E-state index contributed by atoms with van der Waals surface area (Å²) in [5, 5.41) is 8.86. The van der Waals surface area contributed by atoms with E-state index >= 15 is 0 Å². The van der Waals surface area contributed by atoms with Gasteiger partial charge in [-0.05, 0) is 11.8 Å². The number of aliphatic carboxylic acids is 1. The van der Waals surface area contributed by atoms with Gasteiger partial charge < -0.3 is 10.0 Å². The number of rotatable bonds is 3. The number of carbonyl (C=O) groups is 2. The van der Waals surface area contributed by atoms with Gasteiger partial charge in [0.05, 0.1) is 24.0 Å². The molecular weight excluding hydrogens is 270 g/mol. The molecule has 1 saturated heterocycles. The second-order valence-corrected chi connectivity index (χ2v) is 8.37. The van der Waals surface area contributed by atoms with Crippen LogP contribution in [0.1, 0.15) is 26.7 Å². The van der Waals surface area contributed by atoms with Crippen LogP contribution in [0.2, 0.25) is 0 Å². The highest BCUT2D eigenvalue weighted by Crippen LogP contribution is 2.52. The maximum absolute atomic E-state index is 12.3. The molecule has 6 nitrogen and oxygen atoms in total. The van der Waals surface area contributed by atoms with Crippen molar-refractivity contribution in [3.63, 3.8) is 0 Å². The molecule has 0 aromatic heterocycles. The highest BCUT2D eigenvalue weighted by atomic mass is 32.2. The zero-order valence-electron chi connectivity index (χ0n) is 11.1. The number of sulfone groups is 1. The summed E-state index contributed by atoms with van der Waals surface area (Å²) in [4.78, 5) is 24.6. The van der Waals surface area contributed by atoms with Crippen LogP contribution in [0.25, 0.3) is 0 Å². The summed E-state index contributed by atoms with van der Waals surface area (Å²) in [6.45, 7) is 4.09. The molecule has 1 aliphatic heterocycles. The van der Waals surface area contributed by atoms with Crippen molar-refractivity contribution in [1.82, 2.24) is 4.90 Å². The van der Waals surface area contributed by atoms with Gasteiger partial charge in [0.15, 0.2) is 9.84 Å². The zero-order valence-corrected chi connectivity index (χ0v) is 11.9. The summed E-state index contributed by atoms with van der Waals surface area (Å²) in [7, 11) is -3.24. The van der Waals surface area contributed by atoms with Gasteiger partial charge in [0.25, 0.3) is 0 Å². The molecule has 7 heteroatoms. The van der Waals surface area contributed by atoms with E-state index in [1.165, 1.54) is 4.90 Å². The minimum absolute atomic E-state index is 0.0405. The first-order valence-electron chi connectivity index (χ1n) is 6.35. The van der Waals surface area contributed by atoms with Crippen molar-refractivity contribution in [1.29, 1.82) is 0 Å². The van der Waals surface area contributed by atoms with Gasteiger partial charge in [0.1, 0.15) is 0 Å². The van der Waals surface area contributed by atoms with E-state index in [9.17, 15) is 18.0 Å². The van der Waals surface area contributed by atoms with E-state index in [0.29, 0.717) is 0 Å². The summed E-state index contributed by atoms with van der Waals surface area (Å²) in [6.07, 6.45) is 0.479. The quantitative estimate of drug-likeness (QED) is 0.797. The van der Waals surface area contributed by atoms with Gasteiger partial charge in [-0.1, -0.05) is 13.8 Å². The standard InChI is InChI=1S/C12H19NO5S/c1-12(2)6-9(12)11(16)13-3-4-19(17,18)7-8(13)5-10(14)15/h8-9H,3-7H2,1-2H3,(H,14,15). The SMILES string of the molecule is CC1(C)CC1C(=O)N1CCS(=O)(=O)CC1CC(=O)O. The first-order chi connectivity index (χ1) is 8.62. The Bertz CT molecular complexity index is 510. The smallest absolute Gasteiger partial charge is 0.305 e. The molecule has 2 unspecified atom stereocenters. The molecule has 1 heterocycles. The first-order valence-corrected chi connectivity index (χ1v) is 8.17. The summed E-state index contributed by atoms with van der Waals surface area (Å²) in [5.74, 6) is -1.56. The molecule has 1 amide bonds. The fraction of sp³-hybridized carbons (Fsp3) is 0.833. The Kier molecular flexibility index (Phi) is 3.36. The highest BCUT2D eigenvalue weighted by Gasteiger charge is 2.53. The van der Waals surface area contributed by atoms with Crippen molar-refractivity contribution in [2.24, 2.45) is 11.3 Å². The Balaban J connectivity index is 2.13. The van der Waals surface area contributed by atoms with Crippen molar-refractivity contribution >= 4 is 21.7 Å². The number of carbonyl (C=O) groups excluding carboxylic acids is 1. The average molecular weight is 289 g/mol. The molecule has 2 fully saturated rings. The van der Waals surface area contributed by atoms with Gasteiger partial charge in [-0.2, -0.15) is 0 Å². The van der Waals surface area contributed by atoms with Crippen molar-refractivity contribution in [3.05, 3.63) is 0 Å². The Labute approximate surface area is 112 Å². The number of hydrogen-bond acceptors (Lipinski definition) is 4. The molecule has 0 aromatic rings. The lowest BCUT2D eigenvalue weighted by molar-refractivity contribution is -0.141. The second-order valence-electron chi connectivity index (χ2n) is 6.14. The molecule has 108 valence electrons. The number of amides is 1. The van der Waals surface area contributed by atoms with Crippen molar-refractivity contribution < 1.29 is 23.1 Å². The van der Waals surface area contributed by atoms with Gasteiger partial charge in [-0.25, -0.2) is 8.42 Å². The Morgan fingerprint density at radius 2 is 1.95 bits per heavy atom. The van der Waals surface area contributed by atoms with Gasteiger partial charge in [-0.15, -0.1) is 0 Å². The lowest BCUT2D eigenvalue weighted by Gasteiger charge is -2.35. The Morgan fingerprint density at radius 1 is 1.37 bits per heavy atom. The van der Waals surface area contributed by atoms with Crippen LogP contribution in [0, 0.1) is 11.3 Å². The maximum atomic E-state index is 12.3. The lowest BCUT2D eigenvalue weighted by atomic mass is 10.1. The Hall–Kier alpha value is -1.11. The number of carboxylic acid groups (broad SMARTS) is 1.